The Morgan fingerprint density at radius 3 is 2.39 bits per heavy atom. The average Bonchev–Trinajstić information content (AvgIpc) is 2.67. The van der Waals surface area contributed by atoms with E-state index in [4.69, 9.17) is 14.2 Å². The van der Waals surface area contributed by atoms with Gasteiger partial charge in [-0.05, 0) is 31.4 Å². The van der Waals surface area contributed by atoms with Crippen LogP contribution in [0.4, 0.5) is 0 Å². The monoisotopic (exact) mass is 391 g/mol. The molecule has 0 bridgehead atoms. The molecule has 1 aliphatic heterocycles. The fourth-order valence-electron chi connectivity index (χ4n) is 2.90. The number of esters is 1. The SMILES string of the molecule is CCCCOc1cc2c(c(OCCCC)c1)C=NC(C(=O)O)(C(=O)OCC)C2. The van der Waals surface area contributed by atoms with E-state index in [-0.39, 0.29) is 13.0 Å². The largest absolute Gasteiger partial charge is 0.493 e. The highest BCUT2D eigenvalue weighted by Crippen LogP contribution is 2.35. The molecule has 1 N–H and O–H groups in total. The number of aliphatic carboxylic acids is 1. The molecule has 0 amide bonds. The smallest absolute Gasteiger partial charge is 0.346 e. The van der Waals surface area contributed by atoms with Gasteiger partial charge in [0.05, 0.1) is 19.8 Å². The summed E-state index contributed by atoms with van der Waals surface area (Å²) in [5.41, 5.74) is -0.655. The molecule has 7 nitrogen and oxygen atoms in total. The number of aliphatic imine (C=N–C) groups is 1. The van der Waals surface area contributed by atoms with Crippen LogP contribution in [-0.4, -0.2) is 48.6 Å². The zero-order chi connectivity index (χ0) is 20.6. The van der Waals surface area contributed by atoms with Crippen molar-refractivity contribution < 1.29 is 28.9 Å². The number of rotatable bonds is 11. The van der Waals surface area contributed by atoms with Gasteiger partial charge in [-0.25, -0.2) is 9.59 Å². The first kappa shape index (κ1) is 21.7. The lowest BCUT2D eigenvalue weighted by atomic mass is 9.86. The van der Waals surface area contributed by atoms with Crippen molar-refractivity contribution in [3.63, 3.8) is 0 Å². The van der Waals surface area contributed by atoms with Crippen molar-refractivity contribution in [1.29, 1.82) is 0 Å². The Balaban J connectivity index is 2.41. The van der Waals surface area contributed by atoms with Gasteiger partial charge in [0.25, 0.3) is 5.54 Å². The highest BCUT2D eigenvalue weighted by Gasteiger charge is 2.49. The lowest BCUT2D eigenvalue weighted by Crippen LogP contribution is -2.49. The second-order valence-corrected chi connectivity index (χ2v) is 6.72. The summed E-state index contributed by atoms with van der Waals surface area (Å²) in [6.07, 6.45) is 5.10. The Labute approximate surface area is 165 Å². The Hall–Kier alpha value is -2.57. The van der Waals surface area contributed by atoms with Gasteiger partial charge in [-0.2, -0.15) is 0 Å². The lowest BCUT2D eigenvalue weighted by molar-refractivity contribution is -0.160. The highest BCUT2D eigenvalue weighted by atomic mass is 16.5. The fourth-order valence-corrected chi connectivity index (χ4v) is 2.90. The summed E-state index contributed by atoms with van der Waals surface area (Å²) in [5.74, 6) is -1.02. The van der Waals surface area contributed by atoms with Crippen LogP contribution in [0.5, 0.6) is 11.5 Å². The molecule has 7 heteroatoms. The van der Waals surface area contributed by atoms with E-state index in [1.165, 1.54) is 6.21 Å². The maximum atomic E-state index is 12.4. The zero-order valence-corrected chi connectivity index (χ0v) is 16.8. The minimum Gasteiger partial charge on any atom is -0.493 e. The lowest BCUT2D eigenvalue weighted by Gasteiger charge is -2.28. The Kier molecular flexibility index (Phi) is 7.84. The van der Waals surface area contributed by atoms with Crippen molar-refractivity contribution in [3.05, 3.63) is 23.3 Å². The van der Waals surface area contributed by atoms with Crippen LogP contribution in [-0.2, 0) is 20.7 Å². The van der Waals surface area contributed by atoms with Crippen molar-refractivity contribution in [2.45, 2.75) is 58.4 Å². The van der Waals surface area contributed by atoms with Gasteiger partial charge in [0.2, 0.25) is 0 Å². The van der Waals surface area contributed by atoms with Gasteiger partial charge in [-0.15, -0.1) is 0 Å². The van der Waals surface area contributed by atoms with Crippen LogP contribution in [0.1, 0.15) is 57.6 Å². The van der Waals surface area contributed by atoms with Gasteiger partial charge in [0.15, 0.2) is 0 Å². The van der Waals surface area contributed by atoms with Gasteiger partial charge in [-0.3, -0.25) is 4.99 Å². The van der Waals surface area contributed by atoms with Crippen LogP contribution in [0.15, 0.2) is 17.1 Å². The summed E-state index contributed by atoms with van der Waals surface area (Å²) < 4.78 is 16.7. The first-order chi connectivity index (χ1) is 13.5. The Morgan fingerprint density at radius 1 is 1.11 bits per heavy atom. The Bertz CT molecular complexity index is 730. The standard InChI is InChI=1S/C21H29NO6/c1-4-7-9-27-16-11-15-13-21(19(23)24,20(25)26-6-3)22-14-17(15)18(12-16)28-10-8-5-2/h11-12,14H,4-10,13H2,1-3H3,(H,23,24). The van der Waals surface area contributed by atoms with Crippen LogP contribution >= 0.6 is 0 Å². The van der Waals surface area contributed by atoms with Crippen LogP contribution in [0.25, 0.3) is 0 Å². The molecule has 0 radical (unpaired) electrons. The van der Waals surface area contributed by atoms with E-state index >= 15 is 0 Å². The summed E-state index contributed by atoms with van der Waals surface area (Å²) in [4.78, 5) is 28.4. The van der Waals surface area contributed by atoms with E-state index in [9.17, 15) is 14.7 Å². The molecule has 2 rings (SSSR count). The van der Waals surface area contributed by atoms with E-state index in [2.05, 4.69) is 18.8 Å². The molecule has 1 aliphatic rings. The number of unbranched alkanes of at least 4 members (excludes halogenated alkanes) is 2. The van der Waals surface area contributed by atoms with Crippen LogP contribution in [0.3, 0.4) is 0 Å². The van der Waals surface area contributed by atoms with Gasteiger partial charge < -0.3 is 19.3 Å². The van der Waals surface area contributed by atoms with Crippen molar-refractivity contribution >= 4 is 18.2 Å². The molecule has 28 heavy (non-hydrogen) atoms. The van der Waals surface area contributed by atoms with Crippen LogP contribution in [0.2, 0.25) is 0 Å². The first-order valence-electron chi connectivity index (χ1n) is 9.86. The van der Waals surface area contributed by atoms with E-state index in [1.807, 2.05) is 0 Å². The number of carbonyl (C=O) groups is 2. The number of carboxylic acid groups (broad SMARTS) is 1. The number of fused-ring (bicyclic) bond motifs is 1. The molecule has 0 spiro atoms. The highest BCUT2D eigenvalue weighted by molar-refractivity contribution is 6.08. The number of nitrogens with zero attached hydrogens (tertiary/aromatic N) is 1. The normalized spacial score (nSPS) is 17.7. The van der Waals surface area contributed by atoms with E-state index in [0.717, 1.165) is 25.7 Å². The molecule has 0 aliphatic carbocycles. The van der Waals surface area contributed by atoms with Gasteiger partial charge in [-0.1, -0.05) is 26.7 Å². The van der Waals surface area contributed by atoms with E-state index in [0.29, 0.717) is 35.8 Å². The third-order valence-electron chi connectivity index (χ3n) is 4.55. The molecule has 0 saturated carbocycles. The third-order valence-corrected chi connectivity index (χ3v) is 4.55. The molecular weight excluding hydrogens is 362 g/mol. The minimum absolute atomic E-state index is 0.0851. The fraction of sp³-hybridized carbons (Fsp3) is 0.571. The molecular formula is C21H29NO6. The average molecular weight is 391 g/mol. The summed E-state index contributed by atoms with van der Waals surface area (Å²) in [5, 5.41) is 9.72. The third kappa shape index (κ3) is 4.82. The molecule has 1 heterocycles. The molecule has 1 unspecified atom stereocenters. The Morgan fingerprint density at radius 2 is 1.79 bits per heavy atom. The predicted octanol–water partition coefficient (Wildman–Crippen LogP) is 3.41. The van der Waals surface area contributed by atoms with Gasteiger partial charge in [0, 0.05) is 24.3 Å². The summed E-state index contributed by atoms with van der Waals surface area (Å²) >= 11 is 0. The summed E-state index contributed by atoms with van der Waals surface area (Å²) in [7, 11) is 0. The molecule has 1 aromatic rings. The second-order valence-electron chi connectivity index (χ2n) is 6.72. The first-order valence-corrected chi connectivity index (χ1v) is 9.86. The topological polar surface area (TPSA) is 94.4 Å². The number of carboxylic acids is 1. The maximum absolute atomic E-state index is 12.4. The molecule has 0 saturated heterocycles. The zero-order valence-electron chi connectivity index (χ0n) is 16.8. The summed E-state index contributed by atoms with van der Waals surface area (Å²) in [6.45, 7) is 6.96. The number of ether oxygens (including phenoxy) is 3. The molecule has 0 aromatic heterocycles. The molecule has 154 valence electrons. The number of carbonyl (C=O) groups excluding carboxylic acids is 1. The molecule has 1 aromatic carbocycles. The van der Waals surface area contributed by atoms with Gasteiger partial charge >= 0.3 is 11.9 Å². The van der Waals surface area contributed by atoms with Crippen molar-refractivity contribution in [3.8, 4) is 11.5 Å². The van der Waals surface area contributed by atoms with Gasteiger partial charge in [0.1, 0.15) is 11.5 Å². The van der Waals surface area contributed by atoms with Crippen LogP contribution in [0, 0.1) is 0 Å². The summed E-state index contributed by atoms with van der Waals surface area (Å²) in [6, 6.07) is 3.56. The maximum Gasteiger partial charge on any atom is 0.346 e. The predicted molar refractivity (Wildman–Crippen MR) is 106 cm³/mol. The van der Waals surface area contributed by atoms with Crippen molar-refractivity contribution in [2.75, 3.05) is 19.8 Å². The number of benzene rings is 1. The number of hydrogen-bond donors (Lipinski definition) is 1. The molecule has 0 fully saturated rings. The second kappa shape index (κ2) is 10.1. The quantitative estimate of drug-likeness (QED) is 0.353. The van der Waals surface area contributed by atoms with E-state index < -0.39 is 17.5 Å². The molecule has 1 atom stereocenters. The minimum atomic E-state index is -1.98. The van der Waals surface area contributed by atoms with Crippen molar-refractivity contribution in [1.82, 2.24) is 0 Å². The van der Waals surface area contributed by atoms with Crippen molar-refractivity contribution in [2.24, 2.45) is 4.99 Å². The van der Waals surface area contributed by atoms with Crippen LogP contribution < -0.4 is 9.47 Å². The van der Waals surface area contributed by atoms with E-state index in [1.54, 1.807) is 19.1 Å². The number of hydrogen-bond acceptors (Lipinski definition) is 6.